The van der Waals surface area contributed by atoms with Gasteiger partial charge in [0.05, 0.1) is 18.6 Å². The lowest BCUT2D eigenvalue weighted by atomic mass is 9.97. The summed E-state index contributed by atoms with van der Waals surface area (Å²) in [6.45, 7) is 5.73. The number of rotatable bonds is 18. The Balaban J connectivity index is 1.69. The van der Waals surface area contributed by atoms with E-state index in [0.717, 1.165) is 28.7 Å². The number of benzene rings is 2. The molecule has 2 aromatic carbocycles. The lowest BCUT2D eigenvalue weighted by Gasteiger charge is -2.34. The summed E-state index contributed by atoms with van der Waals surface area (Å²) in [4.78, 5) is 45.0. The van der Waals surface area contributed by atoms with Gasteiger partial charge in [0, 0.05) is 18.5 Å². The summed E-state index contributed by atoms with van der Waals surface area (Å²) in [5, 5.41) is 33.6. The highest BCUT2D eigenvalue weighted by atomic mass is 17.1. The molecular formula is C30H41N7O7. The molecule has 3 rings (SSSR count). The van der Waals surface area contributed by atoms with Crippen LogP contribution in [0, 0.1) is 5.92 Å². The number of amides is 2. The number of esters is 1. The summed E-state index contributed by atoms with van der Waals surface area (Å²) in [5.74, 6) is -0.935. The van der Waals surface area contributed by atoms with E-state index in [1.165, 1.54) is 0 Å². The maximum Gasteiger partial charge on any atom is 0.325 e. The molecule has 14 nitrogen and oxygen atoms in total. The predicted octanol–water partition coefficient (Wildman–Crippen LogP) is 3.53. The lowest BCUT2D eigenvalue weighted by Crippen LogP contribution is -2.52. The Morgan fingerprint density at radius 3 is 2.32 bits per heavy atom. The minimum absolute atomic E-state index is 0.0372. The third-order valence-electron chi connectivity index (χ3n) is 6.85. The third-order valence-corrected chi connectivity index (χ3v) is 6.85. The lowest BCUT2D eigenvalue weighted by molar-refractivity contribution is -0.492. The first-order chi connectivity index (χ1) is 21.2. The Labute approximate surface area is 256 Å². The number of aromatic nitrogens is 4. The van der Waals surface area contributed by atoms with E-state index < -0.39 is 17.9 Å². The van der Waals surface area contributed by atoms with Crippen molar-refractivity contribution in [2.75, 3.05) is 19.8 Å². The largest absolute Gasteiger partial charge is 0.464 e. The van der Waals surface area contributed by atoms with Crippen molar-refractivity contribution in [2.45, 2.75) is 65.5 Å². The fourth-order valence-corrected chi connectivity index (χ4v) is 4.66. The number of tetrazole rings is 1. The van der Waals surface area contributed by atoms with E-state index in [1.54, 1.807) is 4.90 Å². The van der Waals surface area contributed by atoms with E-state index in [9.17, 15) is 14.4 Å². The molecule has 4 N–H and O–H groups in total. The summed E-state index contributed by atoms with van der Waals surface area (Å²) in [6.07, 6.45) is 2.69. The van der Waals surface area contributed by atoms with Crippen LogP contribution in [-0.4, -0.2) is 84.9 Å². The molecule has 0 spiro atoms. The fraction of sp³-hybridized carbons (Fsp3) is 0.467. The molecule has 1 unspecified atom stereocenters. The van der Waals surface area contributed by atoms with Gasteiger partial charge in [0.1, 0.15) is 12.6 Å². The van der Waals surface area contributed by atoms with E-state index in [0.29, 0.717) is 31.5 Å². The topological polar surface area (TPSA) is 183 Å². The van der Waals surface area contributed by atoms with Crippen LogP contribution >= 0.6 is 0 Å². The molecule has 0 fully saturated rings. The Morgan fingerprint density at radius 2 is 1.68 bits per heavy atom. The summed E-state index contributed by atoms with van der Waals surface area (Å²) >= 11 is 0. The second kappa shape index (κ2) is 17.8. The Morgan fingerprint density at radius 1 is 0.977 bits per heavy atom. The van der Waals surface area contributed by atoms with Crippen molar-refractivity contribution in [2.24, 2.45) is 5.92 Å². The average Bonchev–Trinajstić information content (AvgIpc) is 3.55. The average molecular weight is 612 g/mol. The maximum atomic E-state index is 13.4. The van der Waals surface area contributed by atoms with Crippen LogP contribution in [0.25, 0.3) is 22.5 Å². The number of ether oxygens (including phenoxy) is 1. The number of H-pyrrole nitrogens is 1. The van der Waals surface area contributed by atoms with E-state index >= 15 is 0 Å². The number of hydrogen-bond acceptors (Lipinski definition) is 11. The maximum absolute atomic E-state index is 13.4. The van der Waals surface area contributed by atoms with Crippen LogP contribution in [0.4, 0.5) is 0 Å². The zero-order valence-corrected chi connectivity index (χ0v) is 25.3. The molecule has 0 aliphatic rings. The molecule has 0 bridgehead atoms. The highest BCUT2D eigenvalue weighted by Gasteiger charge is 2.32. The Kier molecular flexibility index (Phi) is 13.8. The molecule has 44 heavy (non-hydrogen) atoms. The molecular weight excluding hydrogens is 570 g/mol. The number of unbranched alkanes of at least 4 members (excludes halogenated alkanes) is 2. The molecule has 2 amide bonds. The Bertz CT molecular complexity index is 1320. The molecule has 0 radical (unpaired) electrons. The number of aromatic amines is 1. The highest BCUT2D eigenvalue weighted by Crippen LogP contribution is 2.30. The number of hydrogen-bond donors (Lipinski definition) is 4. The predicted molar refractivity (Wildman–Crippen MR) is 158 cm³/mol. The first kappa shape index (κ1) is 34.3. The summed E-state index contributed by atoms with van der Waals surface area (Å²) in [6, 6.07) is 14.7. The normalized spacial score (nSPS) is 11.9. The van der Waals surface area contributed by atoms with Crippen LogP contribution in [0.15, 0.2) is 48.5 Å². The van der Waals surface area contributed by atoms with Gasteiger partial charge in [-0.1, -0.05) is 75.7 Å². The summed E-state index contributed by atoms with van der Waals surface area (Å²) < 4.78 is 5.13. The minimum atomic E-state index is -0.803. The number of carbonyl (C=O) groups is 3. The zero-order valence-electron chi connectivity index (χ0n) is 25.3. The first-order valence-electron chi connectivity index (χ1n) is 14.7. The van der Waals surface area contributed by atoms with Gasteiger partial charge in [-0.2, -0.15) is 5.21 Å². The van der Waals surface area contributed by atoms with E-state index in [2.05, 4.69) is 30.8 Å². The number of carbonyl (C=O) groups excluding carboxylic acids is 3. The molecule has 1 heterocycles. The van der Waals surface area contributed by atoms with Crippen LogP contribution in [0.2, 0.25) is 0 Å². The highest BCUT2D eigenvalue weighted by molar-refractivity contribution is 5.90. The van der Waals surface area contributed by atoms with Crippen LogP contribution in [0.1, 0.15) is 58.4 Å². The first-order valence-corrected chi connectivity index (χ1v) is 14.7. The summed E-state index contributed by atoms with van der Waals surface area (Å²) in [7, 11) is 0. The van der Waals surface area contributed by atoms with Crippen molar-refractivity contribution in [1.82, 2.24) is 36.2 Å². The molecule has 3 aromatic rings. The molecule has 0 saturated carbocycles. The van der Waals surface area contributed by atoms with E-state index in [1.807, 2.05) is 69.3 Å². The Hall–Kier alpha value is -4.24. The quantitative estimate of drug-likeness (QED) is 0.0938. The van der Waals surface area contributed by atoms with E-state index in [4.69, 9.17) is 15.2 Å². The number of nitrogens with zero attached hydrogens (tertiary/aromatic N) is 5. The molecule has 238 valence electrons. The fourth-order valence-electron chi connectivity index (χ4n) is 4.66. The molecule has 1 aromatic heterocycles. The van der Waals surface area contributed by atoms with Gasteiger partial charge in [0.2, 0.25) is 17.6 Å². The number of nitrogens with one attached hydrogen (secondary N) is 2. The molecule has 14 heteroatoms. The van der Waals surface area contributed by atoms with Gasteiger partial charge in [-0.25, -0.2) is 0 Å². The zero-order chi connectivity index (χ0) is 31.9. The summed E-state index contributed by atoms with van der Waals surface area (Å²) in [5.41, 5.74) is 3.54. The van der Waals surface area contributed by atoms with Crippen molar-refractivity contribution in [3.63, 3.8) is 0 Å². The van der Waals surface area contributed by atoms with Gasteiger partial charge in [0.15, 0.2) is 0 Å². The van der Waals surface area contributed by atoms with Crippen molar-refractivity contribution in [3.8, 4) is 22.5 Å². The van der Waals surface area contributed by atoms with Gasteiger partial charge in [0.25, 0.3) is 0 Å². The van der Waals surface area contributed by atoms with E-state index in [-0.39, 0.29) is 43.5 Å². The van der Waals surface area contributed by atoms with Gasteiger partial charge < -0.3 is 15.0 Å². The molecule has 0 aliphatic carbocycles. The van der Waals surface area contributed by atoms with Crippen molar-refractivity contribution >= 4 is 17.8 Å². The van der Waals surface area contributed by atoms with Crippen LogP contribution in [0.5, 0.6) is 0 Å². The van der Waals surface area contributed by atoms with Gasteiger partial charge in [-0.3, -0.25) is 29.6 Å². The second-order valence-electron chi connectivity index (χ2n) is 10.5. The minimum Gasteiger partial charge on any atom is -0.464 e. The molecule has 0 saturated heterocycles. The molecule has 1 atom stereocenters. The monoisotopic (exact) mass is 611 g/mol. The van der Waals surface area contributed by atoms with Crippen LogP contribution in [0.3, 0.4) is 0 Å². The van der Waals surface area contributed by atoms with Crippen LogP contribution < -0.4 is 5.32 Å². The smallest absolute Gasteiger partial charge is 0.325 e. The van der Waals surface area contributed by atoms with Gasteiger partial charge >= 0.3 is 5.97 Å². The van der Waals surface area contributed by atoms with Gasteiger partial charge in [-0.05, 0) is 47.1 Å². The van der Waals surface area contributed by atoms with Crippen molar-refractivity contribution in [3.05, 3.63) is 54.1 Å². The molecule has 0 aliphatic heterocycles. The third kappa shape index (κ3) is 10.5. The van der Waals surface area contributed by atoms with Crippen molar-refractivity contribution < 1.29 is 34.4 Å². The van der Waals surface area contributed by atoms with Crippen LogP contribution in [-0.2, 0) is 30.5 Å². The SMILES string of the molecule is CCCCC(=O)N(Cc1ccc(-c2ccccc2-c2nn[nH]n2)cc1)C(C(=O)NCC(=O)OCCCCON(O)O)C(C)C. The van der Waals surface area contributed by atoms with Crippen molar-refractivity contribution in [1.29, 1.82) is 0 Å². The second-order valence-corrected chi connectivity index (χ2v) is 10.5. The van der Waals surface area contributed by atoms with Gasteiger partial charge in [-0.15, -0.1) is 10.2 Å². The standard InChI is InChI=1S/C30H41N7O7/c1-4-5-12-26(38)36(28(21(2)3)30(40)31-19-27(39)43-17-8-9-18-44-37(41)42)20-22-13-15-23(16-14-22)24-10-6-7-11-25(24)29-32-34-35-33-29/h6-7,10-11,13-16,21,28,41-42H,4-5,8-9,12,17-20H2,1-3H3,(H,31,40)(H,32,33,34,35).